The minimum Gasteiger partial charge on any atom is -0.435 e. The number of ether oxygens (including phenoxy) is 2. The lowest BCUT2D eigenvalue weighted by Crippen LogP contribution is -2.09. The van der Waals surface area contributed by atoms with Gasteiger partial charge < -0.3 is 9.47 Å². The van der Waals surface area contributed by atoms with Gasteiger partial charge in [0.15, 0.2) is 5.78 Å². The lowest BCUT2D eigenvalue weighted by atomic mass is 10.1. The highest BCUT2D eigenvalue weighted by molar-refractivity contribution is 7.92. The van der Waals surface area contributed by atoms with Crippen LogP contribution in [0.4, 0.5) is 23.2 Å². The smallest absolute Gasteiger partial charge is 0.387 e. The molecular weight excluding hydrogens is 418 g/mol. The molecule has 0 saturated heterocycles. The summed E-state index contributed by atoms with van der Waals surface area (Å²) >= 11 is 0. The molecule has 0 heterocycles. The van der Waals surface area contributed by atoms with Gasteiger partial charge in [-0.05, 0) is 48.6 Å². The summed E-state index contributed by atoms with van der Waals surface area (Å²) in [4.78, 5) is 12.2. The summed E-state index contributed by atoms with van der Waals surface area (Å²) in [5.74, 6) is -1.34. The van der Waals surface area contributed by atoms with Gasteiger partial charge in [-0.15, -0.1) is 0 Å². The zero-order valence-electron chi connectivity index (χ0n) is 14.8. The number of allylic oxidation sites excluding steroid dienone is 1. The Hall–Kier alpha value is -3.08. The van der Waals surface area contributed by atoms with Gasteiger partial charge in [-0.1, -0.05) is 0 Å². The van der Waals surface area contributed by atoms with E-state index in [9.17, 15) is 30.8 Å². The van der Waals surface area contributed by atoms with E-state index in [1.54, 1.807) is 0 Å². The van der Waals surface area contributed by atoms with E-state index in [0.717, 1.165) is 24.5 Å². The minimum atomic E-state index is -3.46. The molecule has 2 aromatic carbocycles. The lowest BCUT2D eigenvalue weighted by molar-refractivity contribution is -0.0543. The highest BCUT2D eigenvalue weighted by Gasteiger charge is 2.13. The molecule has 0 radical (unpaired) electrons. The first-order chi connectivity index (χ1) is 13.5. The van der Waals surface area contributed by atoms with Crippen molar-refractivity contribution in [2.24, 2.45) is 0 Å². The Bertz CT molecular complexity index is 992. The molecule has 2 aromatic rings. The predicted octanol–water partition coefficient (Wildman–Crippen LogP) is 4.16. The van der Waals surface area contributed by atoms with E-state index in [1.807, 2.05) is 0 Å². The summed E-state index contributed by atoms with van der Waals surface area (Å²) < 4.78 is 82.6. The summed E-state index contributed by atoms with van der Waals surface area (Å²) in [6.07, 6.45) is 3.22. The number of carbonyl (C=O) groups is 1. The maximum absolute atomic E-state index is 12.6. The molecule has 0 saturated carbocycles. The second kappa shape index (κ2) is 9.41. The van der Waals surface area contributed by atoms with Gasteiger partial charge in [0.1, 0.15) is 11.5 Å². The quantitative estimate of drug-likeness (QED) is 0.365. The molecule has 156 valence electrons. The highest BCUT2D eigenvalue weighted by Crippen LogP contribution is 2.28. The van der Waals surface area contributed by atoms with Crippen molar-refractivity contribution in [2.45, 2.75) is 13.2 Å². The maximum Gasteiger partial charge on any atom is 0.387 e. The van der Waals surface area contributed by atoms with Crippen LogP contribution < -0.4 is 14.2 Å². The Labute approximate surface area is 163 Å². The van der Waals surface area contributed by atoms with Crippen LogP contribution in [0.1, 0.15) is 15.9 Å². The third-order valence-electron chi connectivity index (χ3n) is 3.31. The van der Waals surface area contributed by atoms with Crippen molar-refractivity contribution in [2.75, 3.05) is 11.0 Å². The van der Waals surface area contributed by atoms with Crippen LogP contribution in [0.3, 0.4) is 0 Å². The van der Waals surface area contributed by atoms with Gasteiger partial charge in [0.25, 0.3) is 0 Å². The first-order valence-corrected chi connectivity index (χ1v) is 9.76. The summed E-state index contributed by atoms with van der Waals surface area (Å²) in [6.45, 7) is -6.35. The molecule has 11 heteroatoms. The number of ketones is 1. The van der Waals surface area contributed by atoms with E-state index < -0.39 is 34.8 Å². The molecule has 0 bridgehead atoms. The molecule has 6 nitrogen and oxygen atoms in total. The molecule has 0 spiro atoms. The number of carbonyl (C=O) groups excluding carboxylic acids is 1. The van der Waals surface area contributed by atoms with Crippen LogP contribution in [0.25, 0.3) is 6.08 Å². The monoisotopic (exact) mass is 433 g/mol. The van der Waals surface area contributed by atoms with Crippen LogP contribution in [-0.4, -0.2) is 33.7 Å². The van der Waals surface area contributed by atoms with Crippen molar-refractivity contribution in [3.63, 3.8) is 0 Å². The standard InChI is InChI=1S/C18H15F4NO5S/c1-29(25,26)23-13-6-2-11(3-7-13)15(24)9-5-12-4-8-14(27-17(19)20)10-16(12)28-18(21)22/h2-10,17-18,23H,1H3/b9-5+. The van der Waals surface area contributed by atoms with Crippen molar-refractivity contribution in [1.82, 2.24) is 0 Å². The van der Waals surface area contributed by atoms with E-state index in [1.165, 1.54) is 36.4 Å². The molecule has 29 heavy (non-hydrogen) atoms. The lowest BCUT2D eigenvalue weighted by Gasteiger charge is -2.11. The third-order valence-corrected chi connectivity index (χ3v) is 3.92. The number of nitrogens with one attached hydrogen (secondary N) is 1. The Kier molecular flexibility index (Phi) is 7.21. The van der Waals surface area contributed by atoms with Gasteiger partial charge in [0.2, 0.25) is 10.0 Å². The maximum atomic E-state index is 12.6. The van der Waals surface area contributed by atoms with Crippen LogP contribution >= 0.6 is 0 Å². The number of benzene rings is 2. The fourth-order valence-corrected chi connectivity index (χ4v) is 2.77. The van der Waals surface area contributed by atoms with Crippen LogP contribution in [0.2, 0.25) is 0 Å². The molecule has 2 rings (SSSR count). The predicted molar refractivity (Wildman–Crippen MR) is 98.0 cm³/mol. The van der Waals surface area contributed by atoms with Gasteiger partial charge >= 0.3 is 13.2 Å². The average molecular weight is 433 g/mol. The molecular formula is C18H15F4NO5S. The van der Waals surface area contributed by atoms with Gasteiger partial charge in [-0.2, -0.15) is 17.6 Å². The normalized spacial score (nSPS) is 11.8. The second-order valence-corrected chi connectivity index (χ2v) is 7.35. The molecule has 0 aromatic heterocycles. The minimum absolute atomic E-state index is 0.0376. The van der Waals surface area contributed by atoms with Gasteiger partial charge in [-0.25, -0.2) is 8.42 Å². The first kappa shape index (κ1) is 22.2. The van der Waals surface area contributed by atoms with E-state index in [0.29, 0.717) is 0 Å². The number of alkyl halides is 4. The first-order valence-electron chi connectivity index (χ1n) is 7.87. The zero-order valence-corrected chi connectivity index (χ0v) is 15.6. The molecule has 0 aliphatic carbocycles. The van der Waals surface area contributed by atoms with Gasteiger partial charge in [-0.3, -0.25) is 9.52 Å². The molecule has 0 aliphatic rings. The second-order valence-electron chi connectivity index (χ2n) is 5.61. The van der Waals surface area contributed by atoms with Crippen LogP contribution in [0, 0.1) is 0 Å². The van der Waals surface area contributed by atoms with E-state index in [4.69, 9.17) is 0 Å². The number of halogens is 4. The number of hydrogen-bond acceptors (Lipinski definition) is 5. The Morgan fingerprint density at radius 3 is 2.17 bits per heavy atom. The van der Waals surface area contributed by atoms with E-state index >= 15 is 0 Å². The fourth-order valence-electron chi connectivity index (χ4n) is 2.20. The van der Waals surface area contributed by atoms with Crippen molar-refractivity contribution in [1.29, 1.82) is 0 Å². The van der Waals surface area contributed by atoms with Crippen LogP contribution in [-0.2, 0) is 10.0 Å². The molecule has 0 aliphatic heterocycles. The SMILES string of the molecule is CS(=O)(=O)Nc1ccc(C(=O)/C=C/c2ccc(OC(F)F)cc2OC(F)F)cc1. The zero-order chi connectivity index (χ0) is 21.6. The van der Waals surface area contributed by atoms with E-state index in [-0.39, 0.29) is 22.6 Å². The van der Waals surface area contributed by atoms with Crippen molar-refractivity contribution in [3.8, 4) is 11.5 Å². The number of sulfonamides is 1. The van der Waals surface area contributed by atoms with Crippen LogP contribution in [0.5, 0.6) is 11.5 Å². The van der Waals surface area contributed by atoms with Gasteiger partial charge in [0.05, 0.1) is 6.26 Å². The summed E-state index contributed by atoms with van der Waals surface area (Å²) in [7, 11) is -3.46. The molecule has 1 N–H and O–H groups in total. The largest absolute Gasteiger partial charge is 0.435 e. The fraction of sp³-hybridized carbons (Fsp3) is 0.167. The van der Waals surface area contributed by atoms with Crippen molar-refractivity contribution < 1.29 is 40.2 Å². The Balaban J connectivity index is 2.19. The molecule has 0 atom stereocenters. The molecule has 0 unspecified atom stereocenters. The van der Waals surface area contributed by atoms with Crippen molar-refractivity contribution >= 4 is 27.6 Å². The summed E-state index contributed by atoms with van der Waals surface area (Å²) in [5, 5.41) is 0. The molecule has 0 fully saturated rings. The summed E-state index contributed by atoms with van der Waals surface area (Å²) in [6, 6.07) is 8.65. The van der Waals surface area contributed by atoms with Crippen LogP contribution in [0.15, 0.2) is 48.5 Å². The highest BCUT2D eigenvalue weighted by atomic mass is 32.2. The number of anilines is 1. The number of hydrogen-bond donors (Lipinski definition) is 1. The summed E-state index contributed by atoms with van der Waals surface area (Å²) in [5.41, 5.74) is 0.500. The van der Waals surface area contributed by atoms with Gasteiger partial charge in [0, 0.05) is 22.9 Å². The number of rotatable bonds is 9. The Morgan fingerprint density at radius 2 is 1.62 bits per heavy atom. The topological polar surface area (TPSA) is 81.7 Å². The average Bonchev–Trinajstić information content (AvgIpc) is 2.59. The van der Waals surface area contributed by atoms with E-state index in [2.05, 4.69) is 14.2 Å². The third kappa shape index (κ3) is 7.45. The molecule has 0 amide bonds. The Morgan fingerprint density at radius 1 is 1.00 bits per heavy atom. The van der Waals surface area contributed by atoms with Crippen molar-refractivity contribution in [3.05, 3.63) is 59.7 Å².